The standard InChI is InChI=1S/C19H18F3NO4/c1-12-8-14(19(20,21)22)9-17(23-12)27-10-13-6-4-5-7-15(13)16(11-25-2)18(24)26-3/h4-9,11H,10H2,1-3H3/b16-11+. The number of benzene rings is 1. The predicted molar refractivity (Wildman–Crippen MR) is 91.8 cm³/mol. The second-order valence-corrected chi connectivity index (χ2v) is 5.54. The summed E-state index contributed by atoms with van der Waals surface area (Å²) >= 11 is 0. The Kier molecular flexibility index (Phi) is 6.44. The number of esters is 1. The van der Waals surface area contributed by atoms with E-state index in [1.54, 1.807) is 24.3 Å². The van der Waals surface area contributed by atoms with E-state index in [0.29, 0.717) is 11.1 Å². The SMILES string of the molecule is CO/C=C(/C(=O)OC)c1ccccc1COc1cc(C(F)(F)F)cc(C)n1. The third-order valence-electron chi connectivity index (χ3n) is 3.58. The van der Waals surface area contributed by atoms with Gasteiger partial charge in [0.15, 0.2) is 0 Å². The molecule has 0 aliphatic rings. The Morgan fingerprint density at radius 2 is 1.89 bits per heavy atom. The van der Waals surface area contributed by atoms with E-state index in [-0.39, 0.29) is 23.8 Å². The fourth-order valence-electron chi connectivity index (χ4n) is 2.39. The van der Waals surface area contributed by atoms with Crippen molar-refractivity contribution < 1.29 is 32.2 Å². The topological polar surface area (TPSA) is 57.7 Å². The Hall–Kier alpha value is -3.03. The van der Waals surface area contributed by atoms with Gasteiger partial charge >= 0.3 is 12.1 Å². The average Bonchev–Trinajstić information content (AvgIpc) is 2.63. The van der Waals surface area contributed by atoms with Crippen molar-refractivity contribution in [1.29, 1.82) is 0 Å². The number of nitrogens with zero attached hydrogens (tertiary/aromatic N) is 1. The maximum atomic E-state index is 12.9. The van der Waals surface area contributed by atoms with Crippen LogP contribution in [0.1, 0.15) is 22.4 Å². The second-order valence-electron chi connectivity index (χ2n) is 5.54. The zero-order valence-corrected chi connectivity index (χ0v) is 15.0. The molecule has 0 bridgehead atoms. The molecule has 0 N–H and O–H groups in total. The van der Waals surface area contributed by atoms with Crippen LogP contribution in [0.2, 0.25) is 0 Å². The molecule has 1 heterocycles. The summed E-state index contributed by atoms with van der Waals surface area (Å²) in [5.41, 5.74) is 0.542. The van der Waals surface area contributed by atoms with Crippen LogP contribution in [0, 0.1) is 6.92 Å². The summed E-state index contributed by atoms with van der Waals surface area (Å²) < 4.78 is 53.9. The Labute approximate surface area is 154 Å². The molecule has 144 valence electrons. The number of halogens is 3. The molecule has 0 aliphatic carbocycles. The number of methoxy groups -OCH3 is 2. The van der Waals surface area contributed by atoms with Gasteiger partial charge < -0.3 is 14.2 Å². The smallest absolute Gasteiger partial charge is 0.416 e. The van der Waals surface area contributed by atoms with Gasteiger partial charge in [0, 0.05) is 11.8 Å². The van der Waals surface area contributed by atoms with Gasteiger partial charge in [-0.15, -0.1) is 0 Å². The first kappa shape index (κ1) is 20.3. The quantitative estimate of drug-likeness (QED) is 0.427. The molecule has 0 radical (unpaired) electrons. The minimum atomic E-state index is -4.50. The van der Waals surface area contributed by atoms with Crippen molar-refractivity contribution in [1.82, 2.24) is 4.98 Å². The van der Waals surface area contributed by atoms with Gasteiger partial charge in [-0.25, -0.2) is 9.78 Å². The molecule has 0 aliphatic heterocycles. The maximum absolute atomic E-state index is 12.9. The Morgan fingerprint density at radius 3 is 2.52 bits per heavy atom. The van der Waals surface area contributed by atoms with E-state index in [2.05, 4.69) is 4.98 Å². The van der Waals surface area contributed by atoms with Gasteiger partial charge in [-0.3, -0.25) is 0 Å². The molecule has 2 aromatic rings. The molecule has 8 heteroatoms. The summed E-state index contributed by atoms with van der Waals surface area (Å²) in [5.74, 6) is -0.773. The van der Waals surface area contributed by atoms with Crippen LogP contribution in [0.15, 0.2) is 42.7 Å². The van der Waals surface area contributed by atoms with E-state index in [0.717, 1.165) is 12.1 Å². The lowest BCUT2D eigenvalue weighted by Gasteiger charge is -2.14. The van der Waals surface area contributed by atoms with Gasteiger partial charge in [0.2, 0.25) is 5.88 Å². The lowest BCUT2D eigenvalue weighted by Crippen LogP contribution is -2.10. The summed E-state index contributed by atoms with van der Waals surface area (Å²) in [6, 6.07) is 8.54. The van der Waals surface area contributed by atoms with Crippen molar-refractivity contribution >= 4 is 11.5 Å². The zero-order chi connectivity index (χ0) is 20.0. The summed E-state index contributed by atoms with van der Waals surface area (Å²) in [6.45, 7) is 1.36. The maximum Gasteiger partial charge on any atom is 0.416 e. The number of aryl methyl sites for hydroxylation is 1. The highest BCUT2D eigenvalue weighted by Gasteiger charge is 2.31. The number of alkyl halides is 3. The molecular formula is C19H18F3NO4. The molecule has 0 saturated heterocycles. The molecule has 1 aromatic carbocycles. The first-order valence-corrected chi connectivity index (χ1v) is 7.84. The van der Waals surface area contributed by atoms with E-state index in [1.165, 1.54) is 27.4 Å². The summed E-state index contributed by atoms with van der Waals surface area (Å²) in [6.07, 6.45) is -3.26. The van der Waals surface area contributed by atoms with Crippen molar-refractivity contribution in [3.8, 4) is 5.88 Å². The first-order valence-electron chi connectivity index (χ1n) is 7.84. The number of ether oxygens (including phenoxy) is 3. The zero-order valence-electron chi connectivity index (χ0n) is 15.0. The van der Waals surface area contributed by atoms with Crippen LogP contribution in [-0.2, 0) is 27.1 Å². The third-order valence-corrected chi connectivity index (χ3v) is 3.58. The minimum absolute atomic E-state index is 0.0953. The van der Waals surface area contributed by atoms with Crippen molar-refractivity contribution in [2.75, 3.05) is 14.2 Å². The third kappa shape index (κ3) is 5.22. The first-order chi connectivity index (χ1) is 12.8. The second kappa shape index (κ2) is 8.57. The number of carbonyl (C=O) groups is 1. The van der Waals surface area contributed by atoms with E-state index in [9.17, 15) is 18.0 Å². The Bertz CT molecular complexity index is 847. The highest BCUT2D eigenvalue weighted by Crippen LogP contribution is 2.31. The molecule has 0 unspecified atom stereocenters. The molecular weight excluding hydrogens is 363 g/mol. The van der Waals surface area contributed by atoms with Crippen molar-refractivity contribution in [3.05, 3.63) is 65.0 Å². The molecule has 0 amide bonds. The Morgan fingerprint density at radius 1 is 1.19 bits per heavy atom. The largest absolute Gasteiger partial charge is 0.503 e. The molecule has 0 fully saturated rings. The van der Waals surface area contributed by atoms with E-state index in [1.807, 2.05) is 0 Å². The molecule has 27 heavy (non-hydrogen) atoms. The minimum Gasteiger partial charge on any atom is -0.503 e. The molecule has 0 spiro atoms. The van der Waals surface area contributed by atoms with E-state index in [4.69, 9.17) is 14.2 Å². The lowest BCUT2D eigenvalue weighted by molar-refractivity contribution is -0.138. The Balaban J connectivity index is 2.31. The fraction of sp³-hybridized carbons (Fsp3) is 0.263. The number of hydrogen-bond donors (Lipinski definition) is 0. The number of hydrogen-bond acceptors (Lipinski definition) is 5. The number of rotatable bonds is 6. The summed E-state index contributed by atoms with van der Waals surface area (Å²) in [7, 11) is 2.62. The summed E-state index contributed by atoms with van der Waals surface area (Å²) in [4.78, 5) is 16.0. The van der Waals surface area contributed by atoms with Gasteiger partial charge in [-0.1, -0.05) is 24.3 Å². The molecule has 0 atom stereocenters. The predicted octanol–water partition coefficient (Wildman–Crippen LogP) is 4.15. The number of aromatic nitrogens is 1. The van der Waals surface area contributed by atoms with Gasteiger partial charge in [-0.2, -0.15) is 13.2 Å². The van der Waals surface area contributed by atoms with Crippen molar-refractivity contribution in [2.24, 2.45) is 0 Å². The van der Waals surface area contributed by atoms with Crippen LogP contribution < -0.4 is 4.74 Å². The van der Waals surface area contributed by atoms with E-state index >= 15 is 0 Å². The fourth-order valence-corrected chi connectivity index (χ4v) is 2.39. The van der Waals surface area contributed by atoms with Gasteiger partial charge in [0.25, 0.3) is 0 Å². The summed E-state index contributed by atoms with van der Waals surface area (Å²) in [5, 5.41) is 0. The van der Waals surface area contributed by atoms with Crippen LogP contribution in [0.5, 0.6) is 5.88 Å². The normalized spacial score (nSPS) is 11.9. The van der Waals surface area contributed by atoms with Crippen LogP contribution in [0.3, 0.4) is 0 Å². The monoisotopic (exact) mass is 381 g/mol. The van der Waals surface area contributed by atoms with E-state index < -0.39 is 17.7 Å². The van der Waals surface area contributed by atoms with Gasteiger partial charge in [-0.05, 0) is 24.1 Å². The van der Waals surface area contributed by atoms with Crippen LogP contribution >= 0.6 is 0 Å². The van der Waals surface area contributed by atoms with Gasteiger partial charge in [0.1, 0.15) is 12.2 Å². The molecule has 1 aromatic heterocycles. The molecule has 2 rings (SSSR count). The number of carbonyl (C=O) groups excluding carboxylic acids is 1. The van der Waals surface area contributed by atoms with Crippen LogP contribution in [0.25, 0.3) is 5.57 Å². The van der Waals surface area contributed by atoms with Crippen molar-refractivity contribution in [3.63, 3.8) is 0 Å². The number of pyridine rings is 1. The van der Waals surface area contributed by atoms with Crippen LogP contribution in [-0.4, -0.2) is 25.2 Å². The molecule has 5 nitrogen and oxygen atoms in total. The van der Waals surface area contributed by atoms with Crippen molar-refractivity contribution in [2.45, 2.75) is 19.7 Å². The molecule has 0 saturated carbocycles. The lowest BCUT2D eigenvalue weighted by atomic mass is 10.0. The average molecular weight is 381 g/mol. The highest BCUT2D eigenvalue weighted by atomic mass is 19.4. The highest BCUT2D eigenvalue weighted by molar-refractivity contribution is 6.16. The van der Waals surface area contributed by atoms with Crippen LogP contribution in [0.4, 0.5) is 13.2 Å². The van der Waals surface area contributed by atoms with Gasteiger partial charge in [0.05, 0.1) is 26.0 Å².